The van der Waals surface area contributed by atoms with Crippen molar-refractivity contribution in [2.75, 3.05) is 18.7 Å². The highest BCUT2D eigenvalue weighted by atomic mass is 35.5. The number of alkyl halides is 1. The molecule has 20 heavy (non-hydrogen) atoms. The number of benzene rings is 1. The van der Waals surface area contributed by atoms with E-state index in [1.165, 1.54) is 4.31 Å². The van der Waals surface area contributed by atoms with Crippen LogP contribution in [-0.2, 0) is 10.0 Å². The molecule has 0 radical (unpaired) electrons. The summed E-state index contributed by atoms with van der Waals surface area (Å²) in [4.78, 5) is 0. The van der Waals surface area contributed by atoms with Crippen molar-refractivity contribution in [1.82, 2.24) is 4.31 Å². The first kappa shape index (κ1) is 18.1. The Morgan fingerprint density at radius 2 is 1.90 bits per heavy atom. The normalized spacial score (nSPS) is 13.7. The van der Waals surface area contributed by atoms with E-state index >= 15 is 0 Å². The Bertz CT molecular complexity index is 549. The Morgan fingerprint density at radius 1 is 1.25 bits per heavy atom. The van der Waals surface area contributed by atoms with Crippen molar-refractivity contribution in [3.8, 4) is 0 Å². The summed E-state index contributed by atoms with van der Waals surface area (Å²) < 4.78 is 25.8. The van der Waals surface area contributed by atoms with Crippen LogP contribution in [0, 0.1) is 0 Å². The maximum atomic E-state index is 12.2. The average molecular weight is 359 g/mol. The van der Waals surface area contributed by atoms with Crippen molar-refractivity contribution in [3.63, 3.8) is 0 Å². The second-order valence-electron chi connectivity index (χ2n) is 4.57. The van der Waals surface area contributed by atoms with E-state index in [-0.39, 0.29) is 11.8 Å². The van der Waals surface area contributed by atoms with Gasteiger partial charge in [-0.25, -0.2) is 8.42 Å². The molecule has 0 amide bonds. The molecule has 1 aromatic carbocycles. The minimum absolute atomic E-state index is 0.0891. The van der Waals surface area contributed by atoms with Crippen molar-refractivity contribution in [2.24, 2.45) is 0 Å². The van der Waals surface area contributed by atoms with Crippen LogP contribution in [0.3, 0.4) is 0 Å². The number of nitrogens with zero attached hydrogens (tertiary/aromatic N) is 1. The van der Waals surface area contributed by atoms with Crippen molar-refractivity contribution in [2.45, 2.75) is 25.8 Å². The van der Waals surface area contributed by atoms with Crippen LogP contribution in [0.25, 0.3) is 0 Å². The van der Waals surface area contributed by atoms with Crippen molar-refractivity contribution in [3.05, 3.63) is 33.8 Å². The minimum atomic E-state index is -3.32. The van der Waals surface area contributed by atoms with E-state index in [1.807, 2.05) is 0 Å². The van der Waals surface area contributed by atoms with E-state index in [9.17, 15) is 8.42 Å². The average Bonchev–Trinajstić information content (AvgIpc) is 2.37. The molecule has 0 fully saturated rings. The lowest BCUT2D eigenvalue weighted by atomic mass is 10.1. The molecule has 1 rings (SSSR count). The van der Waals surface area contributed by atoms with Gasteiger partial charge < -0.3 is 0 Å². The van der Waals surface area contributed by atoms with Crippen LogP contribution in [0.4, 0.5) is 0 Å². The van der Waals surface area contributed by atoms with Gasteiger partial charge in [-0.05, 0) is 37.5 Å². The van der Waals surface area contributed by atoms with Gasteiger partial charge in [-0.15, -0.1) is 11.6 Å². The van der Waals surface area contributed by atoms with E-state index in [0.29, 0.717) is 28.8 Å². The molecule has 0 bridgehead atoms. The third kappa shape index (κ3) is 4.78. The number of sulfonamides is 1. The van der Waals surface area contributed by atoms with E-state index in [2.05, 4.69) is 0 Å². The first-order valence-corrected chi connectivity index (χ1v) is 9.16. The molecule has 7 heteroatoms. The molecule has 0 aromatic heterocycles. The van der Waals surface area contributed by atoms with E-state index in [4.69, 9.17) is 34.8 Å². The molecule has 0 aliphatic heterocycles. The SMILES string of the molecule is CC(c1ccc(Cl)cc1Cl)N(C)S(=O)(=O)CCCCCl. The zero-order valence-electron chi connectivity index (χ0n) is 11.4. The highest BCUT2D eigenvalue weighted by Gasteiger charge is 2.25. The number of unbranched alkanes of at least 4 members (excludes halogenated alkanes) is 1. The van der Waals surface area contributed by atoms with Gasteiger partial charge >= 0.3 is 0 Å². The maximum Gasteiger partial charge on any atom is 0.214 e. The number of rotatable bonds is 7. The van der Waals surface area contributed by atoms with E-state index < -0.39 is 10.0 Å². The first-order chi connectivity index (χ1) is 9.29. The number of hydrogen-bond acceptors (Lipinski definition) is 2. The summed E-state index contributed by atoms with van der Waals surface area (Å²) in [5, 5.41) is 0.992. The lowest BCUT2D eigenvalue weighted by molar-refractivity contribution is 0.397. The van der Waals surface area contributed by atoms with Gasteiger partial charge in [0.25, 0.3) is 0 Å². The fourth-order valence-corrected chi connectivity index (χ4v) is 4.01. The van der Waals surface area contributed by atoms with Crippen LogP contribution in [0.5, 0.6) is 0 Å². The molecule has 1 atom stereocenters. The monoisotopic (exact) mass is 357 g/mol. The molecule has 1 aromatic rings. The molecule has 1 unspecified atom stereocenters. The Balaban J connectivity index is 2.87. The third-order valence-corrected chi connectivity index (χ3v) is 6.01. The maximum absolute atomic E-state index is 12.2. The molecule has 0 saturated heterocycles. The van der Waals surface area contributed by atoms with E-state index in [1.54, 1.807) is 32.2 Å². The predicted molar refractivity (Wildman–Crippen MR) is 86.4 cm³/mol. The fraction of sp³-hybridized carbons (Fsp3) is 0.538. The molecule has 0 aliphatic rings. The summed E-state index contributed by atoms with van der Waals surface area (Å²) in [5.74, 6) is 0.559. The van der Waals surface area contributed by atoms with Crippen LogP contribution < -0.4 is 0 Å². The quantitative estimate of drug-likeness (QED) is 0.537. The molecule has 0 heterocycles. The largest absolute Gasteiger partial charge is 0.214 e. The topological polar surface area (TPSA) is 37.4 Å². The van der Waals surface area contributed by atoms with Gasteiger partial charge in [-0.2, -0.15) is 4.31 Å². The van der Waals surface area contributed by atoms with Crippen molar-refractivity contribution < 1.29 is 8.42 Å². The second kappa shape index (κ2) is 7.85. The predicted octanol–water partition coefficient (Wildman–Crippen LogP) is 4.34. The molecule has 0 aliphatic carbocycles. The Morgan fingerprint density at radius 3 is 2.45 bits per heavy atom. The van der Waals surface area contributed by atoms with Gasteiger partial charge in [-0.1, -0.05) is 29.3 Å². The van der Waals surface area contributed by atoms with Gasteiger partial charge in [0.15, 0.2) is 0 Å². The zero-order chi connectivity index (χ0) is 15.3. The minimum Gasteiger partial charge on any atom is -0.212 e. The van der Waals surface area contributed by atoms with Gasteiger partial charge in [0.2, 0.25) is 10.0 Å². The van der Waals surface area contributed by atoms with Gasteiger partial charge in [0.1, 0.15) is 0 Å². The van der Waals surface area contributed by atoms with Gasteiger partial charge in [0.05, 0.1) is 5.75 Å². The van der Waals surface area contributed by atoms with Gasteiger partial charge in [-0.3, -0.25) is 0 Å². The smallest absolute Gasteiger partial charge is 0.212 e. The number of hydrogen-bond donors (Lipinski definition) is 0. The Kier molecular flexibility index (Phi) is 7.09. The molecule has 0 saturated carbocycles. The summed E-state index contributed by atoms with van der Waals surface area (Å²) in [7, 11) is -1.76. The van der Waals surface area contributed by atoms with Crippen LogP contribution in [0.2, 0.25) is 10.0 Å². The Hall–Kier alpha value is -0.000000000000000167. The molecule has 0 N–H and O–H groups in total. The lowest BCUT2D eigenvalue weighted by Crippen LogP contribution is -2.32. The zero-order valence-corrected chi connectivity index (χ0v) is 14.5. The fourth-order valence-electron chi connectivity index (χ4n) is 1.80. The van der Waals surface area contributed by atoms with E-state index in [0.717, 1.165) is 5.56 Å². The summed E-state index contributed by atoms with van der Waals surface area (Å²) >= 11 is 17.5. The van der Waals surface area contributed by atoms with Crippen LogP contribution in [-0.4, -0.2) is 31.4 Å². The first-order valence-electron chi connectivity index (χ1n) is 6.26. The van der Waals surface area contributed by atoms with Crippen molar-refractivity contribution >= 4 is 44.8 Å². The Labute approximate surface area is 135 Å². The van der Waals surface area contributed by atoms with Crippen LogP contribution >= 0.6 is 34.8 Å². The summed E-state index contributed by atoms with van der Waals surface area (Å²) in [6.45, 7) is 1.80. The van der Waals surface area contributed by atoms with Crippen LogP contribution in [0.15, 0.2) is 18.2 Å². The molecular formula is C13H18Cl3NO2S. The number of halogens is 3. The third-order valence-electron chi connectivity index (χ3n) is 3.18. The second-order valence-corrected chi connectivity index (χ2v) is 7.94. The highest BCUT2D eigenvalue weighted by Crippen LogP contribution is 2.30. The standard InChI is InChI=1S/C13H18Cl3NO2S/c1-10(12-6-5-11(15)9-13(12)16)17(2)20(18,19)8-4-3-7-14/h5-6,9-10H,3-4,7-8H2,1-2H3. The molecule has 114 valence electrons. The molecule has 3 nitrogen and oxygen atoms in total. The summed E-state index contributed by atoms with van der Waals surface area (Å²) in [6.07, 6.45) is 1.24. The van der Waals surface area contributed by atoms with Crippen molar-refractivity contribution in [1.29, 1.82) is 0 Å². The lowest BCUT2D eigenvalue weighted by Gasteiger charge is -2.25. The highest BCUT2D eigenvalue weighted by molar-refractivity contribution is 7.89. The van der Waals surface area contributed by atoms with Crippen LogP contribution in [0.1, 0.15) is 31.4 Å². The summed E-state index contributed by atoms with van der Waals surface area (Å²) in [6, 6.07) is 4.72. The molecule has 0 spiro atoms. The summed E-state index contributed by atoms with van der Waals surface area (Å²) in [5.41, 5.74) is 0.736. The van der Waals surface area contributed by atoms with Gasteiger partial charge in [0, 0.05) is 29.0 Å². The molecular weight excluding hydrogens is 341 g/mol.